The molecular weight excluding hydrogens is 340 g/mol. The van der Waals surface area contributed by atoms with Crippen LogP contribution in [-0.2, 0) is 24.3 Å². The Hall–Kier alpha value is -2.37. The fourth-order valence-electron chi connectivity index (χ4n) is 4.55. The van der Waals surface area contributed by atoms with Crippen molar-refractivity contribution in [1.29, 1.82) is 0 Å². The maximum atomic E-state index is 13.0. The molecular formula is C21H28N4O2. The molecule has 1 N–H and O–H groups in total. The summed E-state index contributed by atoms with van der Waals surface area (Å²) in [4.78, 5) is 35.6. The lowest BCUT2D eigenvalue weighted by Crippen LogP contribution is -2.48. The quantitative estimate of drug-likeness (QED) is 0.841. The van der Waals surface area contributed by atoms with Crippen molar-refractivity contribution >= 4 is 5.91 Å². The van der Waals surface area contributed by atoms with Crippen LogP contribution in [0, 0.1) is 0 Å². The van der Waals surface area contributed by atoms with Gasteiger partial charge in [-0.3, -0.25) is 9.59 Å². The van der Waals surface area contributed by atoms with E-state index < -0.39 is 0 Å². The highest BCUT2D eigenvalue weighted by atomic mass is 16.2. The standard InChI is InChI=1S/C21H28N4O2/c1-20(2,3)19-22-16-14(17(26)23-19)8-10-21(16)9-6-12-25(13-21)18(27)15-7-5-11-24(15)4/h5,7,11H,6,8-10,12-13H2,1-4H3,(H,22,23,26). The van der Waals surface area contributed by atoms with E-state index in [2.05, 4.69) is 25.8 Å². The normalized spacial score (nSPS) is 22.3. The number of piperidine rings is 1. The summed E-state index contributed by atoms with van der Waals surface area (Å²) in [5.74, 6) is 0.800. The van der Waals surface area contributed by atoms with Crippen molar-refractivity contribution in [1.82, 2.24) is 19.4 Å². The van der Waals surface area contributed by atoms with Crippen LogP contribution in [0.25, 0.3) is 0 Å². The van der Waals surface area contributed by atoms with Crippen LogP contribution in [0.1, 0.15) is 67.6 Å². The number of amides is 1. The molecule has 4 rings (SSSR count). The third kappa shape index (κ3) is 2.91. The summed E-state index contributed by atoms with van der Waals surface area (Å²) in [5.41, 5.74) is 2.04. The molecule has 1 aliphatic carbocycles. The van der Waals surface area contributed by atoms with E-state index >= 15 is 0 Å². The van der Waals surface area contributed by atoms with Crippen molar-refractivity contribution in [3.63, 3.8) is 0 Å². The average molecular weight is 368 g/mol. The second-order valence-corrected chi connectivity index (χ2v) is 9.11. The van der Waals surface area contributed by atoms with E-state index in [1.807, 2.05) is 34.8 Å². The number of hydrogen-bond acceptors (Lipinski definition) is 3. The Bertz CT molecular complexity index is 950. The molecule has 1 atom stereocenters. The SMILES string of the molecule is Cn1cccc1C(=O)N1CCCC2(CCc3c2nc(C(C)(C)C)[nH]c3=O)C1. The molecule has 1 fully saturated rings. The topological polar surface area (TPSA) is 71.0 Å². The molecule has 1 aliphatic heterocycles. The van der Waals surface area contributed by atoms with Crippen LogP contribution in [0.15, 0.2) is 23.1 Å². The Morgan fingerprint density at radius 1 is 1.30 bits per heavy atom. The zero-order chi connectivity index (χ0) is 19.4. The summed E-state index contributed by atoms with van der Waals surface area (Å²) in [7, 11) is 1.90. The Balaban J connectivity index is 1.72. The smallest absolute Gasteiger partial charge is 0.270 e. The summed E-state index contributed by atoms with van der Waals surface area (Å²) in [6, 6.07) is 3.77. The van der Waals surface area contributed by atoms with Gasteiger partial charge in [0.25, 0.3) is 11.5 Å². The average Bonchev–Trinajstić information content (AvgIpc) is 3.18. The third-order valence-electron chi connectivity index (χ3n) is 6.11. The number of fused-ring (bicyclic) bond motifs is 2. The maximum absolute atomic E-state index is 13.0. The number of H-pyrrole nitrogens is 1. The number of aromatic nitrogens is 3. The molecule has 1 amide bonds. The molecule has 0 saturated carbocycles. The largest absolute Gasteiger partial charge is 0.347 e. The lowest BCUT2D eigenvalue weighted by molar-refractivity contribution is 0.0623. The summed E-state index contributed by atoms with van der Waals surface area (Å²) in [6.07, 6.45) is 5.46. The number of aryl methyl sites for hydroxylation is 1. The Morgan fingerprint density at radius 2 is 2.07 bits per heavy atom. The number of carbonyl (C=O) groups is 1. The molecule has 2 aliphatic rings. The lowest BCUT2D eigenvalue weighted by Gasteiger charge is -2.40. The van der Waals surface area contributed by atoms with E-state index in [0.29, 0.717) is 12.2 Å². The van der Waals surface area contributed by atoms with Gasteiger partial charge in [-0.05, 0) is 37.8 Å². The highest BCUT2D eigenvalue weighted by Crippen LogP contribution is 2.43. The van der Waals surface area contributed by atoms with E-state index in [-0.39, 0.29) is 22.3 Å². The van der Waals surface area contributed by atoms with Gasteiger partial charge in [-0.15, -0.1) is 0 Å². The number of nitrogens with zero attached hydrogens (tertiary/aromatic N) is 3. The van der Waals surface area contributed by atoms with Crippen LogP contribution in [0.3, 0.4) is 0 Å². The Morgan fingerprint density at radius 3 is 2.74 bits per heavy atom. The van der Waals surface area contributed by atoms with E-state index in [1.54, 1.807) is 0 Å². The van der Waals surface area contributed by atoms with Gasteiger partial charge in [-0.1, -0.05) is 20.8 Å². The fourth-order valence-corrected chi connectivity index (χ4v) is 4.55. The van der Waals surface area contributed by atoms with E-state index in [4.69, 9.17) is 4.98 Å². The number of nitrogens with one attached hydrogen (secondary N) is 1. The number of rotatable bonds is 1. The first-order valence-electron chi connectivity index (χ1n) is 9.76. The fraction of sp³-hybridized carbons (Fsp3) is 0.571. The molecule has 6 nitrogen and oxygen atoms in total. The molecule has 1 spiro atoms. The van der Waals surface area contributed by atoms with E-state index in [0.717, 1.165) is 49.3 Å². The monoisotopic (exact) mass is 368 g/mol. The predicted molar refractivity (Wildman–Crippen MR) is 104 cm³/mol. The number of hydrogen-bond donors (Lipinski definition) is 1. The molecule has 144 valence electrons. The molecule has 6 heteroatoms. The van der Waals surface area contributed by atoms with Crippen LogP contribution in [0.5, 0.6) is 0 Å². The molecule has 2 aromatic rings. The first-order chi connectivity index (χ1) is 12.7. The molecule has 0 radical (unpaired) electrons. The van der Waals surface area contributed by atoms with Crippen LogP contribution < -0.4 is 5.56 Å². The van der Waals surface area contributed by atoms with Gasteiger partial charge in [0.1, 0.15) is 11.5 Å². The Labute approximate surface area is 159 Å². The summed E-state index contributed by atoms with van der Waals surface area (Å²) in [5, 5.41) is 0. The molecule has 0 bridgehead atoms. The highest BCUT2D eigenvalue weighted by molar-refractivity contribution is 5.93. The molecule has 1 unspecified atom stereocenters. The summed E-state index contributed by atoms with van der Waals surface area (Å²) >= 11 is 0. The van der Waals surface area contributed by atoms with Crippen molar-refractivity contribution in [2.45, 2.75) is 57.3 Å². The maximum Gasteiger partial charge on any atom is 0.270 e. The minimum Gasteiger partial charge on any atom is -0.347 e. The highest BCUT2D eigenvalue weighted by Gasteiger charge is 2.46. The molecule has 2 aromatic heterocycles. The van der Waals surface area contributed by atoms with Crippen molar-refractivity contribution in [3.05, 3.63) is 51.5 Å². The second-order valence-electron chi connectivity index (χ2n) is 9.11. The molecule has 1 saturated heterocycles. The van der Waals surface area contributed by atoms with Gasteiger partial charge in [0.05, 0.1) is 5.69 Å². The van der Waals surface area contributed by atoms with Gasteiger partial charge in [-0.25, -0.2) is 4.98 Å². The first-order valence-corrected chi connectivity index (χ1v) is 9.76. The zero-order valence-electron chi connectivity index (χ0n) is 16.6. The zero-order valence-corrected chi connectivity index (χ0v) is 16.6. The van der Waals surface area contributed by atoms with Crippen molar-refractivity contribution in [2.24, 2.45) is 7.05 Å². The number of likely N-dealkylation sites (tertiary alicyclic amines) is 1. The summed E-state index contributed by atoms with van der Waals surface area (Å²) in [6.45, 7) is 7.59. The minimum atomic E-state index is -0.217. The van der Waals surface area contributed by atoms with Crippen molar-refractivity contribution in [3.8, 4) is 0 Å². The van der Waals surface area contributed by atoms with Gasteiger partial charge in [-0.2, -0.15) is 0 Å². The molecule has 0 aromatic carbocycles. The van der Waals surface area contributed by atoms with Crippen molar-refractivity contribution < 1.29 is 4.79 Å². The lowest BCUT2D eigenvalue weighted by atomic mass is 9.77. The van der Waals surface area contributed by atoms with Crippen LogP contribution in [0.2, 0.25) is 0 Å². The predicted octanol–water partition coefficient (Wildman–Crippen LogP) is 2.53. The van der Waals surface area contributed by atoms with Crippen LogP contribution in [0.4, 0.5) is 0 Å². The third-order valence-corrected chi connectivity index (χ3v) is 6.11. The number of aromatic amines is 1. The molecule has 27 heavy (non-hydrogen) atoms. The van der Waals surface area contributed by atoms with Gasteiger partial charge in [0.15, 0.2) is 0 Å². The number of carbonyl (C=O) groups excluding carboxylic acids is 1. The summed E-state index contributed by atoms with van der Waals surface area (Å²) < 4.78 is 1.87. The van der Waals surface area contributed by atoms with Gasteiger partial charge >= 0.3 is 0 Å². The van der Waals surface area contributed by atoms with Crippen LogP contribution >= 0.6 is 0 Å². The minimum absolute atomic E-state index is 0.00677. The second kappa shape index (κ2) is 6.08. The van der Waals surface area contributed by atoms with Gasteiger partial charge in [0, 0.05) is 42.7 Å². The molecule has 3 heterocycles. The first kappa shape index (κ1) is 18.0. The Kier molecular flexibility index (Phi) is 4.05. The van der Waals surface area contributed by atoms with E-state index in [1.165, 1.54) is 0 Å². The van der Waals surface area contributed by atoms with E-state index in [9.17, 15) is 9.59 Å². The van der Waals surface area contributed by atoms with Gasteiger partial charge in [0.2, 0.25) is 0 Å². The van der Waals surface area contributed by atoms with Gasteiger partial charge < -0.3 is 14.5 Å². The van der Waals surface area contributed by atoms with Crippen molar-refractivity contribution in [2.75, 3.05) is 13.1 Å². The van der Waals surface area contributed by atoms with Crippen LogP contribution in [-0.4, -0.2) is 38.4 Å².